The van der Waals surface area contributed by atoms with Crippen LogP contribution in [-0.2, 0) is 4.74 Å². The van der Waals surface area contributed by atoms with Crippen molar-refractivity contribution in [1.29, 1.82) is 0 Å². The molecular weight excluding hydrogens is 144 g/mol. The van der Waals surface area contributed by atoms with Crippen LogP contribution in [0.5, 0.6) is 0 Å². The van der Waals surface area contributed by atoms with Gasteiger partial charge in [0.15, 0.2) is 0 Å². The molecule has 1 fully saturated rings. The van der Waals surface area contributed by atoms with Gasteiger partial charge in [-0.25, -0.2) is 0 Å². The van der Waals surface area contributed by atoms with Gasteiger partial charge in [0, 0.05) is 12.5 Å². The van der Waals surface area contributed by atoms with Gasteiger partial charge >= 0.3 is 0 Å². The highest BCUT2D eigenvalue weighted by molar-refractivity contribution is 4.87. The van der Waals surface area contributed by atoms with E-state index in [9.17, 15) is 10.2 Å². The van der Waals surface area contributed by atoms with Crippen molar-refractivity contribution in [1.82, 2.24) is 0 Å². The summed E-state index contributed by atoms with van der Waals surface area (Å²) < 4.78 is 5.16. The van der Waals surface area contributed by atoms with Crippen molar-refractivity contribution in [2.24, 2.45) is 5.92 Å². The first-order valence-corrected chi connectivity index (χ1v) is 4.02. The molecule has 0 aliphatic carbocycles. The van der Waals surface area contributed by atoms with Crippen molar-refractivity contribution in [3.63, 3.8) is 0 Å². The topological polar surface area (TPSA) is 49.7 Å². The molecule has 0 bridgehead atoms. The van der Waals surface area contributed by atoms with Gasteiger partial charge in [0.25, 0.3) is 0 Å². The first kappa shape index (κ1) is 8.97. The molecule has 0 aromatic carbocycles. The summed E-state index contributed by atoms with van der Waals surface area (Å²) in [6, 6.07) is 0. The zero-order valence-corrected chi connectivity index (χ0v) is 7.08. The molecule has 2 N–H and O–H groups in total. The molecular formula is C8H16O3. The van der Waals surface area contributed by atoms with E-state index in [1.54, 1.807) is 13.8 Å². The normalized spacial score (nSPS) is 42.0. The minimum Gasteiger partial charge on any atom is -0.393 e. The van der Waals surface area contributed by atoms with E-state index >= 15 is 0 Å². The third-order valence-corrected chi connectivity index (χ3v) is 2.43. The van der Waals surface area contributed by atoms with Crippen molar-refractivity contribution >= 4 is 0 Å². The van der Waals surface area contributed by atoms with Crippen molar-refractivity contribution in [3.05, 3.63) is 0 Å². The highest BCUT2D eigenvalue weighted by atomic mass is 16.5. The molecule has 1 rings (SSSR count). The van der Waals surface area contributed by atoms with Gasteiger partial charge in [-0.1, -0.05) is 0 Å². The minimum atomic E-state index is -0.758. The summed E-state index contributed by atoms with van der Waals surface area (Å²) >= 11 is 0. The summed E-state index contributed by atoms with van der Waals surface area (Å²) in [7, 11) is 0. The lowest BCUT2D eigenvalue weighted by atomic mass is 9.82. The smallest absolute Gasteiger partial charge is 0.0716 e. The zero-order chi connectivity index (χ0) is 8.48. The van der Waals surface area contributed by atoms with Crippen molar-refractivity contribution in [3.8, 4) is 0 Å². The van der Waals surface area contributed by atoms with Crippen LogP contribution in [0.4, 0.5) is 0 Å². The largest absolute Gasteiger partial charge is 0.393 e. The Bertz CT molecular complexity index is 131. The lowest BCUT2D eigenvalue weighted by Gasteiger charge is -2.38. The Morgan fingerprint density at radius 3 is 2.64 bits per heavy atom. The fourth-order valence-corrected chi connectivity index (χ4v) is 1.51. The summed E-state index contributed by atoms with van der Waals surface area (Å²) in [6.45, 7) is 4.50. The van der Waals surface area contributed by atoms with E-state index in [1.165, 1.54) is 0 Å². The molecule has 3 heteroatoms. The maximum Gasteiger partial charge on any atom is 0.0716 e. The highest BCUT2D eigenvalue weighted by Gasteiger charge is 2.37. The summed E-state index contributed by atoms with van der Waals surface area (Å²) in [4.78, 5) is 0. The second-order valence-electron chi connectivity index (χ2n) is 3.53. The molecule has 1 heterocycles. The maximum atomic E-state index is 9.76. The summed E-state index contributed by atoms with van der Waals surface area (Å²) in [5.74, 6) is -0.142. The number of hydrogen-bond acceptors (Lipinski definition) is 3. The van der Waals surface area contributed by atoms with Crippen LogP contribution in [0.2, 0.25) is 0 Å². The van der Waals surface area contributed by atoms with E-state index in [4.69, 9.17) is 4.74 Å². The monoisotopic (exact) mass is 160 g/mol. The fraction of sp³-hybridized carbons (Fsp3) is 1.00. The van der Waals surface area contributed by atoms with Crippen LogP contribution in [0.25, 0.3) is 0 Å². The minimum absolute atomic E-state index is 0.142. The Hall–Kier alpha value is -0.120. The molecule has 0 radical (unpaired) electrons. The van der Waals surface area contributed by atoms with Crippen LogP contribution in [0.15, 0.2) is 0 Å². The SMILES string of the molecule is CC(O)[C@@H]1COCC[C@@]1(C)O. The molecule has 3 atom stereocenters. The first-order chi connectivity index (χ1) is 5.04. The molecule has 66 valence electrons. The lowest BCUT2D eigenvalue weighted by molar-refractivity contribution is -0.134. The number of rotatable bonds is 1. The highest BCUT2D eigenvalue weighted by Crippen LogP contribution is 2.28. The van der Waals surface area contributed by atoms with Crippen LogP contribution < -0.4 is 0 Å². The van der Waals surface area contributed by atoms with Crippen LogP contribution in [0.1, 0.15) is 20.3 Å². The fourth-order valence-electron chi connectivity index (χ4n) is 1.51. The number of aliphatic hydroxyl groups excluding tert-OH is 1. The zero-order valence-electron chi connectivity index (χ0n) is 7.08. The molecule has 0 saturated carbocycles. The molecule has 1 unspecified atom stereocenters. The Labute approximate surface area is 67.0 Å². The third-order valence-electron chi connectivity index (χ3n) is 2.43. The standard InChI is InChI=1S/C8H16O3/c1-6(9)7-5-11-4-3-8(7,2)10/h6-7,9-10H,3-5H2,1-2H3/t6?,7-,8+/m0/s1. The predicted molar refractivity (Wildman–Crippen MR) is 41.2 cm³/mol. The van der Waals surface area contributed by atoms with Crippen LogP contribution in [0.3, 0.4) is 0 Å². The number of aliphatic hydroxyl groups is 2. The van der Waals surface area contributed by atoms with E-state index in [0.717, 1.165) is 0 Å². The number of ether oxygens (including phenoxy) is 1. The maximum absolute atomic E-state index is 9.76. The van der Waals surface area contributed by atoms with E-state index in [0.29, 0.717) is 19.6 Å². The van der Waals surface area contributed by atoms with Crippen molar-refractivity contribution in [2.45, 2.75) is 32.0 Å². The van der Waals surface area contributed by atoms with E-state index < -0.39 is 11.7 Å². The second kappa shape index (κ2) is 3.09. The van der Waals surface area contributed by atoms with Gasteiger partial charge in [-0.05, 0) is 20.3 Å². The average Bonchev–Trinajstić information content (AvgIpc) is 1.85. The van der Waals surface area contributed by atoms with E-state index in [-0.39, 0.29) is 5.92 Å². The van der Waals surface area contributed by atoms with E-state index in [2.05, 4.69) is 0 Å². The molecule has 1 aliphatic rings. The Morgan fingerprint density at radius 1 is 1.64 bits per heavy atom. The van der Waals surface area contributed by atoms with Crippen molar-refractivity contribution < 1.29 is 14.9 Å². The van der Waals surface area contributed by atoms with E-state index in [1.807, 2.05) is 0 Å². The van der Waals surface area contributed by atoms with Crippen LogP contribution in [0, 0.1) is 5.92 Å². The van der Waals surface area contributed by atoms with Crippen LogP contribution >= 0.6 is 0 Å². The summed E-state index contributed by atoms with van der Waals surface area (Å²) in [5, 5.41) is 19.0. The van der Waals surface area contributed by atoms with Gasteiger partial charge < -0.3 is 14.9 Å². The molecule has 1 saturated heterocycles. The van der Waals surface area contributed by atoms with Gasteiger partial charge in [-0.15, -0.1) is 0 Å². The molecule has 0 aromatic heterocycles. The quantitative estimate of drug-likeness (QED) is 0.574. The van der Waals surface area contributed by atoms with Gasteiger partial charge in [0.1, 0.15) is 0 Å². The molecule has 0 amide bonds. The van der Waals surface area contributed by atoms with Gasteiger partial charge in [-0.2, -0.15) is 0 Å². The first-order valence-electron chi connectivity index (χ1n) is 4.02. The molecule has 3 nitrogen and oxygen atoms in total. The van der Waals surface area contributed by atoms with Crippen LogP contribution in [-0.4, -0.2) is 35.1 Å². The van der Waals surface area contributed by atoms with Gasteiger partial charge in [-0.3, -0.25) is 0 Å². The predicted octanol–water partition coefficient (Wildman–Crippen LogP) is 0.155. The molecule has 11 heavy (non-hydrogen) atoms. The Morgan fingerprint density at radius 2 is 2.27 bits per heavy atom. The molecule has 1 aliphatic heterocycles. The Balaban J connectivity index is 2.60. The van der Waals surface area contributed by atoms with Gasteiger partial charge in [0.05, 0.1) is 18.3 Å². The lowest BCUT2D eigenvalue weighted by Crippen LogP contribution is -2.47. The second-order valence-corrected chi connectivity index (χ2v) is 3.53. The average molecular weight is 160 g/mol. The summed E-state index contributed by atoms with van der Waals surface area (Å²) in [6.07, 6.45) is 0.119. The molecule has 0 aromatic rings. The van der Waals surface area contributed by atoms with Gasteiger partial charge in [0.2, 0.25) is 0 Å². The molecule has 0 spiro atoms. The third kappa shape index (κ3) is 1.92. The number of hydrogen-bond donors (Lipinski definition) is 2. The van der Waals surface area contributed by atoms with Crippen molar-refractivity contribution in [2.75, 3.05) is 13.2 Å². The Kier molecular flexibility index (Phi) is 2.52. The summed E-state index contributed by atoms with van der Waals surface area (Å²) in [5.41, 5.74) is -0.758.